The summed E-state index contributed by atoms with van der Waals surface area (Å²) in [5, 5.41) is 0. The summed E-state index contributed by atoms with van der Waals surface area (Å²) in [6, 6.07) is 13.0. The number of nitrogens with zero attached hydrogens (tertiary/aromatic N) is 1. The summed E-state index contributed by atoms with van der Waals surface area (Å²) in [5.41, 5.74) is -12.9. The first-order chi connectivity index (χ1) is 36.4. The Morgan fingerprint density at radius 2 is 0.571 bits per heavy atom. The molecule has 414 valence electrons. The highest BCUT2D eigenvalue weighted by Crippen LogP contribution is 2.31. The number of rotatable bonds is 22. The van der Waals surface area contributed by atoms with E-state index in [1.807, 2.05) is 59.4 Å². The maximum absolute atomic E-state index is 15.4. The molecule has 6 rings (SSSR count). The monoisotopic (exact) mass is 1120 g/mol. The summed E-state index contributed by atoms with van der Waals surface area (Å²) in [4.78, 5) is 24.7. The summed E-state index contributed by atoms with van der Waals surface area (Å²) >= 11 is 0. The van der Waals surface area contributed by atoms with Crippen LogP contribution in [0.3, 0.4) is 0 Å². The second kappa shape index (κ2) is 26.5. The van der Waals surface area contributed by atoms with Crippen LogP contribution in [0.15, 0.2) is 54.9 Å². The lowest BCUT2D eigenvalue weighted by Crippen LogP contribution is -2.81. The van der Waals surface area contributed by atoms with E-state index in [0.717, 1.165) is 18.4 Å². The van der Waals surface area contributed by atoms with Gasteiger partial charge in [-0.25, -0.2) is 87.8 Å². The molecule has 0 aliphatic carbocycles. The molecule has 0 saturated heterocycles. The molecule has 0 atom stereocenters. The number of pyridine rings is 1. The smallest absolute Gasteiger partial charge is 0.227 e. The molecule has 24 heteroatoms. The van der Waals surface area contributed by atoms with Crippen LogP contribution in [0.25, 0.3) is 0 Å². The predicted molar refractivity (Wildman–Crippen MR) is 241 cm³/mol. The number of benzene rings is 5. The standard InChI is InChI=1S/C29H42NO2.C24BF20/c1-2-3-4-5-6-7-8-9-10-11-12-13-17-20-28(31)27-21-23-30(24-22-27)25-29(32)26-18-15-14-16-19-26;26-5-1(6(27)14(35)21(42)13(5)34)25(2-7(28)15(36)22(43)16(37)8(2)29,3-9(30)17(38)23(44)18(39)10(3)31)4-11(32)19(40)24(45)20(41)12(4)33/h14-16,18-19,21-24H,2-13,17,20,25H2,1H3;/q+1;-1. The molecule has 77 heavy (non-hydrogen) atoms. The molecular formula is C53H42BF20NO2. The van der Waals surface area contributed by atoms with Gasteiger partial charge in [0.15, 0.2) is 88.0 Å². The minimum Gasteiger partial charge on any atom is -0.294 e. The summed E-state index contributed by atoms with van der Waals surface area (Å²) in [6.07, 6.45) is 14.1. The van der Waals surface area contributed by atoms with Crippen LogP contribution in [0.5, 0.6) is 0 Å². The van der Waals surface area contributed by atoms with Crippen molar-refractivity contribution in [1.82, 2.24) is 0 Å². The van der Waals surface area contributed by atoms with Gasteiger partial charge in [-0.2, -0.15) is 4.57 Å². The molecule has 5 aromatic carbocycles. The number of halogens is 20. The topological polar surface area (TPSA) is 38.0 Å². The molecular weight excluding hydrogens is 1070 g/mol. The molecule has 0 fully saturated rings. The number of unbranched alkanes of at least 4 members (excludes halogenated alkanes) is 12. The van der Waals surface area contributed by atoms with Crippen LogP contribution in [-0.4, -0.2) is 17.7 Å². The fraction of sp³-hybridized carbons (Fsp3) is 0.302. The average Bonchev–Trinajstić information content (AvgIpc) is 3.42. The van der Waals surface area contributed by atoms with Crippen LogP contribution in [0.1, 0.15) is 118 Å². The zero-order chi connectivity index (χ0) is 57.2. The van der Waals surface area contributed by atoms with Crippen molar-refractivity contribution in [3.8, 4) is 0 Å². The Morgan fingerprint density at radius 1 is 0.325 bits per heavy atom. The molecule has 0 aliphatic rings. The van der Waals surface area contributed by atoms with Gasteiger partial charge >= 0.3 is 0 Å². The Bertz CT molecular complexity index is 2740. The number of carbonyl (C=O) groups is 2. The Hall–Kier alpha value is -6.75. The van der Waals surface area contributed by atoms with E-state index in [9.17, 15) is 62.3 Å². The highest BCUT2D eigenvalue weighted by Gasteiger charge is 2.52. The van der Waals surface area contributed by atoms with Crippen LogP contribution in [0.4, 0.5) is 87.8 Å². The van der Waals surface area contributed by atoms with Crippen molar-refractivity contribution in [2.24, 2.45) is 0 Å². The highest BCUT2D eigenvalue weighted by atomic mass is 19.2. The van der Waals surface area contributed by atoms with Crippen molar-refractivity contribution in [1.29, 1.82) is 0 Å². The Kier molecular flexibility index (Phi) is 21.1. The van der Waals surface area contributed by atoms with Crippen LogP contribution in [-0.2, 0) is 6.54 Å². The molecule has 0 saturated carbocycles. The maximum atomic E-state index is 15.4. The van der Waals surface area contributed by atoms with Crippen molar-refractivity contribution < 1.29 is 102 Å². The van der Waals surface area contributed by atoms with E-state index in [4.69, 9.17) is 0 Å². The zero-order valence-electron chi connectivity index (χ0n) is 40.2. The van der Waals surface area contributed by atoms with E-state index >= 15 is 35.1 Å². The van der Waals surface area contributed by atoms with E-state index in [2.05, 4.69) is 6.92 Å². The van der Waals surface area contributed by atoms with Gasteiger partial charge in [0.05, 0.1) is 0 Å². The van der Waals surface area contributed by atoms with Crippen molar-refractivity contribution in [3.05, 3.63) is 182 Å². The van der Waals surface area contributed by atoms with Crippen molar-refractivity contribution >= 4 is 39.6 Å². The van der Waals surface area contributed by atoms with Gasteiger partial charge in [0, 0.05) is 29.7 Å². The molecule has 0 spiro atoms. The van der Waals surface area contributed by atoms with Gasteiger partial charge in [-0.15, -0.1) is 21.9 Å². The molecule has 0 amide bonds. The fourth-order valence-corrected chi connectivity index (χ4v) is 8.95. The minimum absolute atomic E-state index is 0.0710. The average molecular weight is 1120 g/mol. The largest absolute Gasteiger partial charge is 0.294 e. The van der Waals surface area contributed by atoms with Crippen molar-refractivity contribution in [2.75, 3.05) is 0 Å². The fourth-order valence-electron chi connectivity index (χ4n) is 8.95. The summed E-state index contributed by atoms with van der Waals surface area (Å²) in [5.74, 6) is -71.1. The molecule has 3 nitrogen and oxygen atoms in total. The Balaban J connectivity index is 0.000000301. The first-order valence-corrected chi connectivity index (χ1v) is 23.7. The Labute approximate surface area is 426 Å². The number of aromatic nitrogens is 1. The van der Waals surface area contributed by atoms with E-state index in [1.165, 1.54) is 70.6 Å². The molecule has 1 heterocycles. The lowest BCUT2D eigenvalue weighted by Gasteiger charge is -2.44. The second-order valence-corrected chi connectivity index (χ2v) is 17.8. The van der Waals surface area contributed by atoms with Crippen LogP contribution >= 0.6 is 0 Å². The molecule has 0 bridgehead atoms. The van der Waals surface area contributed by atoms with Gasteiger partial charge in [-0.3, -0.25) is 9.59 Å². The van der Waals surface area contributed by atoms with Gasteiger partial charge in [0.1, 0.15) is 52.7 Å². The van der Waals surface area contributed by atoms with Crippen LogP contribution in [0.2, 0.25) is 0 Å². The zero-order valence-corrected chi connectivity index (χ0v) is 40.2. The van der Waals surface area contributed by atoms with Gasteiger partial charge in [-0.05, 0) is 6.42 Å². The summed E-state index contributed by atoms with van der Waals surface area (Å²) < 4.78 is 296. The van der Waals surface area contributed by atoms with E-state index in [0.29, 0.717) is 12.0 Å². The number of hydrogen-bond donors (Lipinski definition) is 0. The molecule has 0 N–H and O–H groups in total. The first kappa shape index (κ1) is 61.1. The normalized spacial score (nSPS) is 11.5. The van der Waals surface area contributed by atoms with Gasteiger partial charge in [0.25, 0.3) is 0 Å². The third kappa shape index (κ3) is 12.5. The third-order valence-electron chi connectivity index (χ3n) is 12.8. The van der Waals surface area contributed by atoms with Gasteiger partial charge < -0.3 is 0 Å². The molecule has 1 aromatic heterocycles. The second-order valence-electron chi connectivity index (χ2n) is 17.8. The number of hydrogen-bond acceptors (Lipinski definition) is 2. The summed E-state index contributed by atoms with van der Waals surface area (Å²) in [6.45, 7) is 2.56. The van der Waals surface area contributed by atoms with E-state index < -0.39 is 144 Å². The van der Waals surface area contributed by atoms with Gasteiger partial charge in [-0.1, -0.05) is 114 Å². The Morgan fingerprint density at radius 3 is 0.857 bits per heavy atom. The third-order valence-corrected chi connectivity index (χ3v) is 12.8. The lowest BCUT2D eigenvalue weighted by atomic mass is 9.12. The maximum Gasteiger partial charge on any atom is 0.227 e. The first-order valence-electron chi connectivity index (χ1n) is 23.7. The predicted octanol–water partition coefficient (Wildman–Crippen LogP) is 13.4. The van der Waals surface area contributed by atoms with E-state index in [-0.39, 0.29) is 18.1 Å². The van der Waals surface area contributed by atoms with Crippen LogP contribution in [0, 0.1) is 116 Å². The lowest BCUT2D eigenvalue weighted by molar-refractivity contribution is -0.683. The SMILES string of the molecule is CCCCCCCCCCCCCCCC(=O)c1cc[n+](CC(=O)c2ccccc2)cc1.Fc1c(F)c(F)c([B-](c2c(F)c(F)c(F)c(F)c2F)(c2c(F)c(F)c(F)c(F)c2F)c2c(F)c(F)c(F)c(F)c2F)c(F)c1F. The molecule has 0 aliphatic heterocycles. The number of Topliss-reactive ketones (excluding diaryl/α,β-unsaturated/α-hetero) is 2. The number of ketones is 2. The minimum atomic E-state index is -7.22. The van der Waals surface area contributed by atoms with E-state index in [1.54, 1.807) is 0 Å². The highest BCUT2D eigenvalue weighted by molar-refractivity contribution is 7.20. The van der Waals surface area contributed by atoms with Gasteiger partial charge in [0.2, 0.25) is 12.3 Å². The molecule has 0 unspecified atom stereocenters. The number of carbonyl (C=O) groups excluding carboxylic acids is 2. The van der Waals surface area contributed by atoms with Crippen LogP contribution < -0.4 is 26.4 Å². The van der Waals surface area contributed by atoms with Crippen molar-refractivity contribution in [2.45, 2.75) is 103 Å². The summed E-state index contributed by atoms with van der Waals surface area (Å²) in [7, 11) is 0. The molecule has 0 radical (unpaired) electrons. The quantitative estimate of drug-likeness (QED) is 0.0129. The molecule has 6 aromatic rings. The van der Waals surface area contributed by atoms with Crippen molar-refractivity contribution in [3.63, 3.8) is 0 Å².